The van der Waals surface area contributed by atoms with Gasteiger partial charge in [-0.05, 0) is 88.8 Å². The van der Waals surface area contributed by atoms with Crippen molar-refractivity contribution in [3.63, 3.8) is 0 Å². The fraction of sp³-hybridized carbons (Fsp3) is 0.316. The molecule has 2 amide bonds. The topological polar surface area (TPSA) is 40.6 Å². The Morgan fingerprint density at radius 1 is 0.524 bits per heavy atom. The molecule has 4 aromatic carbocycles. The van der Waals surface area contributed by atoms with Gasteiger partial charge in [-0.1, -0.05) is 96.1 Å². The van der Waals surface area contributed by atoms with Crippen LogP contribution >= 0.6 is 0 Å². The van der Waals surface area contributed by atoms with Crippen LogP contribution in [0.5, 0.6) is 0 Å². The Bertz CT molecular complexity index is 1550. The number of hydrogen-bond acceptors (Lipinski definition) is 2. The molecular weight excluding hydrogens is 516 g/mol. The highest BCUT2D eigenvalue weighted by molar-refractivity contribution is 6.22. The molecular formula is C38H40N2O2. The third-order valence-electron chi connectivity index (χ3n) is 9.37. The van der Waals surface area contributed by atoms with E-state index in [1.54, 1.807) is 13.8 Å². The number of amides is 2. The van der Waals surface area contributed by atoms with Gasteiger partial charge in [0.25, 0.3) is 0 Å². The van der Waals surface area contributed by atoms with Crippen molar-refractivity contribution in [3.05, 3.63) is 129 Å². The van der Waals surface area contributed by atoms with Crippen LogP contribution in [0.4, 0.5) is 11.4 Å². The molecule has 0 aromatic heterocycles. The number of hydrogen-bond donors (Lipinski definition) is 0. The zero-order valence-electron chi connectivity index (χ0n) is 25.9. The summed E-state index contributed by atoms with van der Waals surface area (Å²) >= 11 is 0. The molecule has 214 valence electrons. The number of aryl methyl sites for hydroxylation is 6. The van der Waals surface area contributed by atoms with Crippen LogP contribution in [0.25, 0.3) is 0 Å². The van der Waals surface area contributed by atoms with Gasteiger partial charge in [-0.15, -0.1) is 0 Å². The number of nitrogens with zero attached hydrogens (tertiary/aromatic N) is 2. The van der Waals surface area contributed by atoms with Crippen LogP contribution in [0.15, 0.2) is 84.9 Å². The molecule has 1 aliphatic heterocycles. The predicted octanol–water partition coefficient (Wildman–Crippen LogP) is 8.22. The van der Waals surface area contributed by atoms with E-state index in [4.69, 9.17) is 0 Å². The summed E-state index contributed by atoms with van der Waals surface area (Å²) in [4.78, 5) is 33.9. The second kappa shape index (κ2) is 9.69. The van der Waals surface area contributed by atoms with E-state index in [-0.39, 0.29) is 23.7 Å². The minimum Gasteiger partial charge on any atom is -0.285 e. The van der Waals surface area contributed by atoms with Gasteiger partial charge in [-0.2, -0.15) is 0 Å². The first kappa shape index (κ1) is 28.0. The third kappa shape index (κ3) is 3.88. The van der Waals surface area contributed by atoms with E-state index in [2.05, 4.69) is 114 Å². The van der Waals surface area contributed by atoms with E-state index < -0.39 is 11.1 Å². The van der Waals surface area contributed by atoms with Gasteiger partial charge in [0.15, 0.2) is 0 Å². The highest BCUT2D eigenvalue weighted by Gasteiger charge is 2.79. The van der Waals surface area contributed by atoms with E-state index in [9.17, 15) is 9.59 Å². The fourth-order valence-electron chi connectivity index (χ4n) is 7.80. The van der Waals surface area contributed by atoms with Gasteiger partial charge >= 0.3 is 0 Å². The van der Waals surface area contributed by atoms with Crippen molar-refractivity contribution in [2.75, 3.05) is 9.80 Å². The van der Waals surface area contributed by atoms with Crippen LogP contribution in [-0.4, -0.2) is 17.5 Å². The maximum Gasteiger partial charge on any atom is 0.244 e. The minimum atomic E-state index is -1.26. The van der Waals surface area contributed by atoms with Crippen molar-refractivity contribution in [1.82, 2.24) is 0 Å². The standard InChI is InChI=1S/C38H40N2O2/c1-23-19-25(3)33(26(4)20-23)39-35(41)37(7,8)36(42)40(34-27(5)21-24(2)22-28(34)6)38(39)31(29-15-11-9-12-16-29)32(38)30-17-13-10-14-18-30/h9-22,31-32H,1-8H3/t31-,32-/m0/s1. The molecule has 1 spiro atoms. The molecule has 2 fully saturated rings. The maximum absolute atomic E-state index is 14.9. The Kier molecular flexibility index (Phi) is 6.45. The molecule has 1 saturated carbocycles. The smallest absolute Gasteiger partial charge is 0.244 e. The lowest BCUT2D eigenvalue weighted by atomic mass is 9.82. The summed E-state index contributed by atoms with van der Waals surface area (Å²) in [6.45, 7) is 16.1. The second-order valence-electron chi connectivity index (χ2n) is 13.0. The Hall–Kier alpha value is -4.18. The van der Waals surface area contributed by atoms with Crippen molar-refractivity contribution in [2.45, 2.75) is 72.9 Å². The lowest BCUT2D eigenvalue weighted by Crippen LogP contribution is -2.70. The van der Waals surface area contributed by atoms with Crippen LogP contribution in [0, 0.1) is 47.0 Å². The van der Waals surface area contributed by atoms with Crippen LogP contribution in [0.1, 0.15) is 70.2 Å². The molecule has 0 unspecified atom stereocenters. The van der Waals surface area contributed by atoms with Crippen molar-refractivity contribution in [3.8, 4) is 0 Å². The molecule has 42 heavy (non-hydrogen) atoms. The van der Waals surface area contributed by atoms with Crippen molar-refractivity contribution < 1.29 is 9.59 Å². The molecule has 4 nitrogen and oxygen atoms in total. The van der Waals surface area contributed by atoms with E-state index in [0.717, 1.165) is 55.9 Å². The van der Waals surface area contributed by atoms with Gasteiger partial charge in [0, 0.05) is 11.8 Å². The van der Waals surface area contributed by atoms with Crippen molar-refractivity contribution in [2.24, 2.45) is 5.41 Å². The summed E-state index contributed by atoms with van der Waals surface area (Å²) in [6, 6.07) is 29.4. The lowest BCUT2D eigenvalue weighted by molar-refractivity contribution is -0.142. The van der Waals surface area contributed by atoms with Crippen LogP contribution in [0.3, 0.4) is 0 Å². The second-order valence-corrected chi connectivity index (χ2v) is 13.0. The number of carbonyl (C=O) groups excluding carboxylic acids is 2. The monoisotopic (exact) mass is 556 g/mol. The van der Waals surface area contributed by atoms with E-state index >= 15 is 0 Å². The maximum atomic E-state index is 14.9. The average Bonchev–Trinajstić information content (AvgIpc) is 3.61. The highest BCUT2D eigenvalue weighted by atomic mass is 16.2. The molecule has 0 N–H and O–H groups in total. The summed E-state index contributed by atoms with van der Waals surface area (Å²) in [6.07, 6.45) is 0. The van der Waals surface area contributed by atoms with E-state index in [0.29, 0.717) is 0 Å². The van der Waals surface area contributed by atoms with E-state index in [1.807, 2.05) is 21.9 Å². The Labute approximate surface area is 250 Å². The van der Waals surface area contributed by atoms with Gasteiger partial charge < -0.3 is 0 Å². The highest BCUT2D eigenvalue weighted by Crippen LogP contribution is 2.72. The first-order chi connectivity index (χ1) is 19.9. The minimum absolute atomic E-state index is 0.134. The van der Waals surface area contributed by atoms with Gasteiger partial charge in [0.05, 0.1) is 11.4 Å². The number of rotatable bonds is 4. The zero-order chi connectivity index (χ0) is 30.1. The van der Waals surface area contributed by atoms with Crippen molar-refractivity contribution >= 4 is 23.2 Å². The lowest BCUT2D eigenvalue weighted by Gasteiger charge is -2.52. The number of carbonyl (C=O) groups is 2. The summed E-state index contributed by atoms with van der Waals surface area (Å²) in [7, 11) is 0. The van der Waals surface area contributed by atoms with Gasteiger partial charge in [-0.25, -0.2) is 0 Å². The Balaban J connectivity index is 1.77. The first-order valence-electron chi connectivity index (χ1n) is 14.9. The third-order valence-corrected chi connectivity index (χ3v) is 9.37. The normalized spacial score (nSPS) is 20.8. The van der Waals surface area contributed by atoms with Gasteiger partial charge in [0.1, 0.15) is 11.1 Å². The molecule has 0 radical (unpaired) electrons. The number of benzene rings is 4. The molecule has 1 heterocycles. The molecule has 4 aromatic rings. The van der Waals surface area contributed by atoms with Crippen LogP contribution in [-0.2, 0) is 9.59 Å². The predicted molar refractivity (Wildman–Crippen MR) is 171 cm³/mol. The summed E-state index contributed by atoms with van der Waals surface area (Å²) in [5.74, 6) is -0.572. The fourth-order valence-corrected chi connectivity index (χ4v) is 7.80. The molecule has 1 aliphatic carbocycles. The molecule has 1 saturated heterocycles. The Morgan fingerprint density at radius 2 is 0.833 bits per heavy atom. The first-order valence-corrected chi connectivity index (χ1v) is 14.9. The molecule has 6 rings (SSSR count). The van der Waals surface area contributed by atoms with Crippen LogP contribution in [0.2, 0.25) is 0 Å². The van der Waals surface area contributed by atoms with Gasteiger partial charge in [-0.3, -0.25) is 19.4 Å². The van der Waals surface area contributed by atoms with Gasteiger partial charge in [0.2, 0.25) is 11.8 Å². The van der Waals surface area contributed by atoms with Crippen molar-refractivity contribution in [1.29, 1.82) is 0 Å². The van der Waals surface area contributed by atoms with Crippen LogP contribution < -0.4 is 9.80 Å². The zero-order valence-corrected chi connectivity index (χ0v) is 25.9. The summed E-state index contributed by atoms with van der Waals surface area (Å²) in [5, 5.41) is 0. The molecule has 2 aliphatic rings. The largest absolute Gasteiger partial charge is 0.285 e. The average molecular weight is 557 g/mol. The number of anilines is 2. The SMILES string of the molecule is Cc1cc(C)c(N2C(=O)C(C)(C)C(=O)N(c3c(C)cc(C)cc3C)C23[C@@H](c2ccccc2)[C@@H]3c2ccccc2)c(C)c1. The molecule has 0 bridgehead atoms. The summed E-state index contributed by atoms with van der Waals surface area (Å²) in [5.41, 5.74) is 8.25. The van der Waals surface area contributed by atoms with E-state index in [1.165, 1.54) is 0 Å². The summed E-state index contributed by atoms with van der Waals surface area (Å²) < 4.78 is 0. The quantitative estimate of drug-likeness (QED) is 0.238. The molecule has 2 atom stereocenters. The Morgan fingerprint density at radius 3 is 1.14 bits per heavy atom. The molecule has 4 heteroatoms.